The monoisotopic (exact) mass is 567 g/mol. The summed E-state index contributed by atoms with van der Waals surface area (Å²) in [5.74, 6) is 2.59. The molecular weight excluding hydrogens is 522 g/mol. The summed E-state index contributed by atoms with van der Waals surface area (Å²) < 4.78 is 15.0. The highest BCUT2D eigenvalue weighted by atomic mass is 16.5. The minimum Gasteiger partial charge on any atom is -0.494 e. The maximum atomic E-state index is 12.9. The van der Waals surface area contributed by atoms with E-state index in [2.05, 4.69) is 52.0 Å². The summed E-state index contributed by atoms with van der Waals surface area (Å²) in [6.07, 6.45) is 19.8. The number of aromatic nitrogens is 2. The number of amides is 1. The fraction of sp³-hybridized carbons (Fsp3) is 0.500. The third kappa shape index (κ3) is 5.60. The molecule has 2 aliphatic carbocycles. The van der Waals surface area contributed by atoms with Crippen LogP contribution in [0.1, 0.15) is 94.0 Å². The first-order valence-corrected chi connectivity index (χ1v) is 16.0. The molecule has 6 rings (SSSR count). The summed E-state index contributed by atoms with van der Waals surface area (Å²) in [5.41, 5.74) is 9.28. The Morgan fingerprint density at radius 2 is 1.81 bits per heavy atom. The van der Waals surface area contributed by atoms with Gasteiger partial charge >= 0.3 is 0 Å². The molecular formula is C36H45N3O3. The van der Waals surface area contributed by atoms with Crippen LogP contribution in [-0.4, -0.2) is 28.2 Å². The van der Waals surface area contributed by atoms with Gasteiger partial charge in [0.05, 0.1) is 12.0 Å². The summed E-state index contributed by atoms with van der Waals surface area (Å²) in [6, 6.07) is 16.7. The molecule has 3 aromatic rings. The lowest BCUT2D eigenvalue weighted by molar-refractivity contribution is -0.141. The minimum atomic E-state index is -0.325. The van der Waals surface area contributed by atoms with Crippen molar-refractivity contribution in [2.45, 2.75) is 89.6 Å². The molecule has 1 atom stereocenters. The van der Waals surface area contributed by atoms with Crippen molar-refractivity contribution in [2.24, 2.45) is 23.6 Å². The number of nitrogens with two attached hydrogens (primary N) is 1. The predicted molar refractivity (Wildman–Crippen MR) is 167 cm³/mol. The number of hydrogen-bond acceptors (Lipinski definition) is 4. The summed E-state index contributed by atoms with van der Waals surface area (Å²) in [7, 11) is 2.03. The Bertz CT molecular complexity index is 1400. The van der Waals surface area contributed by atoms with Crippen LogP contribution >= 0.6 is 0 Å². The SMILES string of the molecule is Cn1ccnc1C1=Cc2cc(OCCCC3(C4(C(N)=O)CCCCC4)CCCC3)ccc2OC1CCc1ccccc1. The van der Waals surface area contributed by atoms with E-state index in [1.165, 1.54) is 24.8 Å². The van der Waals surface area contributed by atoms with Gasteiger partial charge in [0.25, 0.3) is 0 Å². The molecule has 1 unspecified atom stereocenters. The van der Waals surface area contributed by atoms with Gasteiger partial charge in [-0.25, -0.2) is 4.98 Å². The lowest BCUT2D eigenvalue weighted by Crippen LogP contribution is -2.51. The molecule has 1 amide bonds. The summed E-state index contributed by atoms with van der Waals surface area (Å²) in [6.45, 7) is 0.631. The van der Waals surface area contributed by atoms with Gasteiger partial charge in [0, 0.05) is 30.6 Å². The normalized spacial score (nSPS) is 20.8. The van der Waals surface area contributed by atoms with Gasteiger partial charge in [-0.15, -0.1) is 0 Å². The molecule has 2 saturated carbocycles. The number of fused-ring (bicyclic) bond motifs is 1. The molecule has 222 valence electrons. The van der Waals surface area contributed by atoms with Gasteiger partial charge in [0.15, 0.2) is 0 Å². The van der Waals surface area contributed by atoms with Gasteiger partial charge in [-0.1, -0.05) is 62.4 Å². The van der Waals surface area contributed by atoms with Gasteiger partial charge in [-0.3, -0.25) is 4.79 Å². The van der Waals surface area contributed by atoms with Gasteiger partial charge in [-0.05, 0) is 86.6 Å². The largest absolute Gasteiger partial charge is 0.494 e. The lowest BCUT2D eigenvalue weighted by Gasteiger charge is -2.49. The van der Waals surface area contributed by atoms with Crippen LogP contribution < -0.4 is 15.2 Å². The van der Waals surface area contributed by atoms with E-state index in [1.807, 2.05) is 31.6 Å². The number of hydrogen-bond donors (Lipinski definition) is 1. The van der Waals surface area contributed by atoms with Gasteiger partial charge in [0.1, 0.15) is 23.4 Å². The Balaban J connectivity index is 1.14. The van der Waals surface area contributed by atoms with Crippen molar-refractivity contribution < 1.29 is 14.3 Å². The molecule has 6 nitrogen and oxygen atoms in total. The van der Waals surface area contributed by atoms with Crippen molar-refractivity contribution in [3.05, 3.63) is 77.9 Å². The van der Waals surface area contributed by atoms with E-state index in [0.29, 0.717) is 6.61 Å². The molecule has 42 heavy (non-hydrogen) atoms. The van der Waals surface area contributed by atoms with E-state index in [1.54, 1.807) is 0 Å². The first-order chi connectivity index (χ1) is 20.5. The molecule has 6 heteroatoms. The molecule has 2 N–H and O–H groups in total. The van der Waals surface area contributed by atoms with Crippen LogP contribution in [0.5, 0.6) is 11.5 Å². The minimum absolute atomic E-state index is 0.0424. The van der Waals surface area contributed by atoms with Crippen LogP contribution in [0.15, 0.2) is 60.9 Å². The number of ether oxygens (including phenoxy) is 2. The zero-order valence-corrected chi connectivity index (χ0v) is 25.0. The lowest BCUT2D eigenvalue weighted by atomic mass is 9.54. The van der Waals surface area contributed by atoms with E-state index in [9.17, 15) is 4.79 Å². The fourth-order valence-corrected chi connectivity index (χ4v) is 8.14. The van der Waals surface area contributed by atoms with Crippen LogP contribution in [0, 0.1) is 10.8 Å². The maximum Gasteiger partial charge on any atom is 0.224 e. The quantitative estimate of drug-likeness (QED) is 0.243. The van der Waals surface area contributed by atoms with Crippen molar-refractivity contribution in [1.29, 1.82) is 0 Å². The van der Waals surface area contributed by atoms with Crippen molar-refractivity contribution >= 4 is 17.6 Å². The summed E-state index contributed by atoms with van der Waals surface area (Å²) in [4.78, 5) is 17.5. The van der Waals surface area contributed by atoms with E-state index in [4.69, 9.17) is 15.2 Å². The molecule has 2 aromatic carbocycles. The average molecular weight is 568 g/mol. The second-order valence-corrected chi connectivity index (χ2v) is 12.7. The number of nitrogens with zero attached hydrogens (tertiary/aromatic N) is 2. The third-order valence-electron chi connectivity index (χ3n) is 10.3. The number of imidazole rings is 1. The van der Waals surface area contributed by atoms with Crippen LogP contribution in [-0.2, 0) is 18.3 Å². The van der Waals surface area contributed by atoms with Crippen molar-refractivity contribution in [3.63, 3.8) is 0 Å². The Morgan fingerprint density at radius 3 is 2.52 bits per heavy atom. The smallest absolute Gasteiger partial charge is 0.224 e. The van der Waals surface area contributed by atoms with Gasteiger partial charge in [-0.2, -0.15) is 0 Å². The number of benzene rings is 2. The average Bonchev–Trinajstić information content (AvgIpc) is 3.68. The standard InChI is InChI=1S/C36H45N3O3/c1-39-23-22-38-33(39)30-26-28-25-29(14-16-31(28)42-32(30)15-13-27-11-4-2-5-12-27)41-24-10-19-35(17-8-9-18-35)36(34(37)40)20-6-3-7-21-36/h2,4-5,11-12,14,16,22-23,25-26,32H,3,6-10,13,15,17-21,24H2,1H3,(H2,37,40). The van der Waals surface area contributed by atoms with E-state index in [-0.39, 0.29) is 22.8 Å². The molecule has 0 spiro atoms. The van der Waals surface area contributed by atoms with Gasteiger partial charge in [0.2, 0.25) is 5.91 Å². The molecule has 0 saturated heterocycles. The Labute approximate surface area is 250 Å². The molecule has 0 bridgehead atoms. The molecule has 3 aliphatic rings. The van der Waals surface area contributed by atoms with E-state index < -0.39 is 0 Å². The number of aryl methyl sites for hydroxylation is 2. The van der Waals surface area contributed by atoms with Crippen LogP contribution in [0.3, 0.4) is 0 Å². The zero-order valence-electron chi connectivity index (χ0n) is 25.0. The molecule has 1 aliphatic heterocycles. The second-order valence-electron chi connectivity index (χ2n) is 12.7. The highest BCUT2D eigenvalue weighted by Crippen LogP contribution is 2.60. The van der Waals surface area contributed by atoms with Crippen LogP contribution in [0.2, 0.25) is 0 Å². The fourth-order valence-electron chi connectivity index (χ4n) is 8.14. The van der Waals surface area contributed by atoms with Crippen molar-refractivity contribution in [2.75, 3.05) is 6.61 Å². The van der Waals surface area contributed by atoms with Crippen molar-refractivity contribution in [3.8, 4) is 11.5 Å². The van der Waals surface area contributed by atoms with E-state index in [0.717, 1.165) is 92.7 Å². The topological polar surface area (TPSA) is 79.4 Å². The summed E-state index contributed by atoms with van der Waals surface area (Å²) in [5, 5.41) is 0. The van der Waals surface area contributed by atoms with Crippen LogP contribution in [0.4, 0.5) is 0 Å². The first kappa shape index (κ1) is 28.6. The van der Waals surface area contributed by atoms with Crippen LogP contribution in [0.25, 0.3) is 11.6 Å². The van der Waals surface area contributed by atoms with Gasteiger partial charge < -0.3 is 19.8 Å². The summed E-state index contributed by atoms with van der Waals surface area (Å²) >= 11 is 0. The van der Waals surface area contributed by atoms with E-state index >= 15 is 0 Å². The zero-order chi connectivity index (χ0) is 29.0. The number of rotatable bonds is 11. The molecule has 2 heterocycles. The Morgan fingerprint density at radius 1 is 1.05 bits per heavy atom. The number of carbonyl (C=O) groups is 1. The second kappa shape index (κ2) is 12.4. The Kier molecular flexibility index (Phi) is 8.41. The highest BCUT2D eigenvalue weighted by Gasteiger charge is 2.55. The molecule has 2 fully saturated rings. The highest BCUT2D eigenvalue weighted by molar-refractivity contribution is 5.85. The third-order valence-corrected chi connectivity index (χ3v) is 10.3. The molecule has 1 aromatic heterocycles. The number of primary amides is 1. The number of carbonyl (C=O) groups excluding carboxylic acids is 1. The maximum absolute atomic E-state index is 12.9. The first-order valence-electron chi connectivity index (χ1n) is 16.0. The predicted octanol–water partition coefficient (Wildman–Crippen LogP) is 7.51. The van der Waals surface area contributed by atoms with Crippen molar-refractivity contribution in [1.82, 2.24) is 9.55 Å². The molecule has 0 radical (unpaired) electrons. The Hall–Kier alpha value is -3.54.